The number of methoxy groups -OCH3 is 1. The first-order valence-corrected chi connectivity index (χ1v) is 12.0. The second-order valence-electron chi connectivity index (χ2n) is 7.46. The summed E-state index contributed by atoms with van der Waals surface area (Å²) in [6, 6.07) is 15.2. The maximum atomic E-state index is 14.7. The van der Waals surface area contributed by atoms with Crippen LogP contribution < -0.4 is 9.64 Å². The number of halogens is 1. The minimum Gasteiger partial charge on any atom is -0.497 e. The highest BCUT2D eigenvalue weighted by Gasteiger charge is 2.57. The van der Waals surface area contributed by atoms with Crippen LogP contribution in [0.25, 0.3) is 0 Å². The lowest BCUT2D eigenvalue weighted by Gasteiger charge is -2.49. The summed E-state index contributed by atoms with van der Waals surface area (Å²) in [7, 11) is -1.52. The maximum absolute atomic E-state index is 14.7. The molecule has 0 N–H and O–H groups in total. The Kier molecular flexibility index (Phi) is 5.19. The number of carbonyl (C=O) groups is 2. The third-order valence-electron chi connectivity index (χ3n) is 5.44. The van der Waals surface area contributed by atoms with Crippen LogP contribution in [-0.2, 0) is 4.79 Å². The van der Waals surface area contributed by atoms with Gasteiger partial charge in [-0.25, -0.2) is 0 Å². The van der Waals surface area contributed by atoms with Crippen molar-refractivity contribution in [2.24, 2.45) is 5.92 Å². The molecule has 1 saturated heterocycles. The lowest BCUT2D eigenvalue weighted by molar-refractivity contribution is -0.129. The average Bonchev–Trinajstić information content (AvgIpc) is 2.66. The van der Waals surface area contributed by atoms with E-state index in [-0.39, 0.29) is 11.7 Å². The van der Waals surface area contributed by atoms with Gasteiger partial charge >= 0.3 is 0 Å². The van der Waals surface area contributed by atoms with E-state index in [2.05, 4.69) is 0 Å². The van der Waals surface area contributed by atoms with E-state index in [1.54, 1.807) is 75.7 Å². The van der Waals surface area contributed by atoms with E-state index in [1.807, 2.05) is 6.07 Å². The largest absolute Gasteiger partial charge is 0.497 e. The van der Waals surface area contributed by atoms with Crippen LogP contribution in [0.3, 0.4) is 0 Å². The second-order valence-corrected chi connectivity index (χ2v) is 11.5. The van der Waals surface area contributed by atoms with Crippen molar-refractivity contribution in [3.05, 3.63) is 60.2 Å². The van der Waals surface area contributed by atoms with Crippen LogP contribution >= 0.6 is 0 Å². The van der Waals surface area contributed by atoms with Crippen LogP contribution in [0.2, 0.25) is 18.6 Å². The number of hydrogen-bond acceptors (Lipinski definition) is 3. The molecule has 1 amide bonds. The number of ether oxygens (including phenoxy) is 1. The first kappa shape index (κ1) is 19.3. The Morgan fingerprint density at radius 1 is 1.11 bits per heavy atom. The molecule has 142 valence electrons. The van der Waals surface area contributed by atoms with E-state index in [4.69, 9.17) is 4.74 Å². The Bertz CT molecular complexity index is 833. The highest BCUT2D eigenvalue weighted by atomic mass is 28.4. The zero-order valence-corrected chi connectivity index (χ0v) is 17.0. The lowest BCUT2D eigenvalue weighted by Crippen LogP contribution is -2.67. The third-order valence-corrected chi connectivity index (χ3v) is 7.96. The summed E-state index contributed by atoms with van der Waals surface area (Å²) < 4.78 is 19.9. The number of β-lactam (4-membered cyclic amide) rings is 1. The molecule has 0 spiro atoms. The Morgan fingerprint density at radius 2 is 1.70 bits per heavy atom. The van der Waals surface area contributed by atoms with Gasteiger partial charge in [-0.15, -0.1) is 0 Å². The summed E-state index contributed by atoms with van der Waals surface area (Å²) in [5.74, 6) is -0.312. The lowest BCUT2D eigenvalue weighted by atomic mass is 9.79. The molecule has 0 aromatic heterocycles. The first-order valence-electron chi connectivity index (χ1n) is 9.01. The van der Waals surface area contributed by atoms with Crippen LogP contribution in [0, 0.1) is 5.92 Å². The molecule has 0 bridgehead atoms. The summed E-state index contributed by atoms with van der Waals surface area (Å²) in [4.78, 5) is 27.6. The number of benzene rings is 2. The quantitative estimate of drug-likeness (QED) is 0.319. The normalized spacial score (nSPS) is 20.8. The number of ketones is 1. The van der Waals surface area contributed by atoms with Crippen LogP contribution in [0.1, 0.15) is 17.3 Å². The van der Waals surface area contributed by atoms with E-state index in [1.165, 1.54) is 4.90 Å². The minimum absolute atomic E-state index is 0.152. The summed E-state index contributed by atoms with van der Waals surface area (Å²) in [6.07, 6.45) is 0. The van der Waals surface area contributed by atoms with Crippen LogP contribution in [-0.4, -0.2) is 33.2 Å². The van der Waals surface area contributed by atoms with Gasteiger partial charge in [-0.1, -0.05) is 37.3 Å². The van der Waals surface area contributed by atoms with E-state index < -0.39 is 25.9 Å². The van der Waals surface area contributed by atoms with Crippen molar-refractivity contribution in [1.29, 1.82) is 0 Å². The number of anilines is 1. The molecular formula is C21H24FNO3Si. The maximum Gasteiger partial charge on any atom is 0.244 e. The van der Waals surface area contributed by atoms with Crippen molar-refractivity contribution in [3.8, 4) is 5.75 Å². The molecule has 0 radical (unpaired) electrons. The van der Waals surface area contributed by atoms with Gasteiger partial charge in [-0.05, 0) is 42.9 Å². The molecule has 4 nitrogen and oxygen atoms in total. The van der Waals surface area contributed by atoms with E-state index in [9.17, 15) is 13.7 Å². The number of hydrogen-bond donors (Lipinski definition) is 0. The van der Waals surface area contributed by atoms with Gasteiger partial charge in [-0.3, -0.25) is 9.59 Å². The number of nitrogens with zero attached hydrogens (tertiary/aromatic N) is 1. The van der Waals surface area contributed by atoms with Crippen LogP contribution in [0.15, 0.2) is 54.6 Å². The Hall–Kier alpha value is -2.47. The van der Waals surface area contributed by atoms with Gasteiger partial charge in [0.25, 0.3) is 0 Å². The summed E-state index contributed by atoms with van der Waals surface area (Å²) in [5, 5.41) is 0. The third kappa shape index (κ3) is 3.54. The fourth-order valence-corrected chi connectivity index (χ4v) is 4.69. The Balaban J connectivity index is 1.99. The van der Waals surface area contributed by atoms with Gasteiger partial charge < -0.3 is 13.7 Å². The van der Waals surface area contributed by atoms with Crippen LogP contribution in [0.5, 0.6) is 5.75 Å². The number of rotatable bonds is 6. The predicted molar refractivity (Wildman–Crippen MR) is 107 cm³/mol. The molecule has 2 aromatic carbocycles. The highest BCUT2D eigenvalue weighted by Crippen LogP contribution is 2.45. The van der Waals surface area contributed by atoms with Gasteiger partial charge in [0.2, 0.25) is 14.3 Å². The monoisotopic (exact) mass is 385 g/mol. The number of amides is 1. The zero-order valence-electron chi connectivity index (χ0n) is 16.0. The minimum atomic E-state index is -3.09. The molecule has 0 aliphatic carbocycles. The topological polar surface area (TPSA) is 46.6 Å². The molecule has 1 aliphatic heterocycles. The molecule has 1 fully saturated rings. The van der Waals surface area contributed by atoms with Gasteiger partial charge in [0.15, 0.2) is 5.78 Å². The molecule has 1 heterocycles. The standard InChI is InChI=1S/C21H24FNO3Si/c1-14(27(3,4)22)18-19(20(24)15-8-6-5-7-9-15)23(21(18)25)16-10-12-17(26-2)13-11-16/h5-14,18-19H,1-4H3/t14-,18+,19+/m0/s1. The zero-order chi connectivity index (χ0) is 19.8. The molecule has 27 heavy (non-hydrogen) atoms. The molecule has 0 unspecified atom stereocenters. The molecular weight excluding hydrogens is 361 g/mol. The summed E-state index contributed by atoms with van der Waals surface area (Å²) in [5.41, 5.74) is 0.707. The number of Topliss-reactive ketones (excluding diaryl/α,β-unsaturated/α-hetero) is 1. The average molecular weight is 386 g/mol. The van der Waals surface area contributed by atoms with Crippen molar-refractivity contribution in [3.63, 3.8) is 0 Å². The van der Waals surface area contributed by atoms with Gasteiger partial charge in [0, 0.05) is 11.3 Å². The predicted octanol–water partition coefficient (Wildman–Crippen LogP) is 4.47. The fraction of sp³-hybridized carbons (Fsp3) is 0.333. The number of carbonyl (C=O) groups excluding carboxylic acids is 2. The van der Waals surface area contributed by atoms with Crippen molar-refractivity contribution in [1.82, 2.24) is 0 Å². The molecule has 0 saturated carbocycles. The molecule has 2 aromatic rings. The van der Waals surface area contributed by atoms with Gasteiger partial charge in [0.1, 0.15) is 11.8 Å². The highest BCUT2D eigenvalue weighted by molar-refractivity contribution is 6.72. The van der Waals surface area contributed by atoms with Crippen molar-refractivity contribution in [2.75, 3.05) is 12.0 Å². The van der Waals surface area contributed by atoms with Crippen molar-refractivity contribution < 1.29 is 18.4 Å². The first-order chi connectivity index (χ1) is 12.8. The summed E-state index contributed by atoms with van der Waals surface area (Å²) >= 11 is 0. The summed E-state index contributed by atoms with van der Waals surface area (Å²) in [6.45, 7) is 4.93. The van der Waals surface area contributed by atoms with Gasteiger partial charge in [-0.2, -0.15) is 0 Å². The Labute approximate surface area is 160 Å². The van der Waals surface area contributed by atoms with E-state index in [0.29, 0.717) is 17.0 Å². The molecule has 3 rings (SSSR count). The van der Waals surface area contributed by atoms with Crippen molar-refractivity contribution >= 4 is 25.8 Å². The Morgan fingerprint density at radius 3 is 2.22 bits per heavy atom. The smallest absolute Gasteiger partial charge is 0.244 e. The second kappa shape index (κ2) is 7.27. The van der Waals surface area contributed by atoms with Crippen LogP contribution in [0.4, 0.5) is 9.80 Å². The van der Waals surface area contributed by atoms with E-state index >= 15 is 0 Å². The van der Waals surface area contributed by atoms with Crippen molar-refractivity contribution in [2.45, 2.75) is 31.6 Å². The van der Waals surface area contributed by atoms with E-state index in [0.717, 1.165) is 0 Å². The fourth-order valence-electron chi connectivity index (χ4n) is 3.51. The molecule has 6 heteroatoms. The molecule has 3 atom stereocenters. The SMILES string of the molecule is COc1ccc(N2C(=O)[C@H]([C@H](C)[Si](C)(C)F)[C@@H]2C(=O)c2ccccc2)cc1. The molecule has 1 aliphatic rings. The van der Waals surface area contributed by atoms with Gasteiger partial charge in [0.05, 0.1) is 13.0 Å².